The standard InChI is InChI=1S/C10H19N3/c1-13-7-4-9(5-8-13)10(12)3-2-6-11/h9-10H,2-5,7-8,12H2,1H3. The molecule has 0 saturated carbocycles. The van der Waals surface area contributed by atoms with E-state index in [9.17, 15) is 0 Å². The van der Waals surface area contributed by atoms with Crippen molar-refractivity contribution >= 4 is 0 Å². The first-order valence-electron chi connectivity index (χ1n) is 5.05. The van der Waals surface area contributed by atoms with Crippen LogP contribution >= 0.6 is 0 Å². The van der Waals surface area contributed by atoms with E-state index in [1.807, 2.05) is 0 Å². The summed E-state index contributed by atoms with van der Waals surface area (Å²) in [6.45, 7) is 2.32. The molecule has 1 unspecified atom stereocenters. The highest BCUT2D eigenvalue weighted by atomic mass is 15.1. The molecule has 1 atom stereocenters. The Balaban J connectivity index is 2.24. The molecule has 1 aliphatic rings. The van der Waals surface area contributed by atoms with Crippen molar-refractivity contribution in [2.24, 2.45) is 11.7 Å². The number of likely N-dealkylation sites (tertiary alicyclic amines) is 1. The van der Waals surface area contributed by atoms with Gasteiger partial charge in [0.15, 0.2) is 0 Å². The van der Waals surface area contributed by atoms with Gasteiger partial charge in [0.2, 0.25) is 0 Å². The lowest BCUT2D eigenvalue weighted by atomic mass is 9.88. The molecule has 1 fully saturated rings. The maximum absolute atomic E-state index is 8.44. The van der Waals surface area contributed by atoms with Crippen LogP contribution in [0.5, 0.6) is 0 Å². The van der Waals surface area contributed by atoms with Crippen LogP contribution in [0.3, 0.4) is 0 Å². The fraction of sp³-hybridized carbons (Fsp3) is 0.900. The van der Waals surface area contributed by atoms with Gasteiger partial charge in [-0.05, 0) is 45.3 Å². The highest BCUT2D eigenvalue weighted by molar-refractivity contribution is 4.82. The van der Waals surface area contributed by atoms with Crippen molar-refractivity contribution in [3.8, 4) is 6.07 Å². The Labute approximate surface area is 80.5 Å². The maximum Gasteiger partial charge on any atom is 0.0622 e. The highest BCUT2D eigenvalue weighted by Gasteiger charge is 2.21. The van der Waals surface area contributed by atoms with Crippen LogP contribution in [-0.4, -0.2) is 31.1 Å². The molecular formula is C10H19N3. The molecule has 0 amide bonds. The third-order valence-corrected chi connectivity index (χ3v) is 2.96. The second-order valence-electron chi connectivity index (χ2n) is 4.00. The lowest BCUT2D eigenvalue weighted by molar-refractivity contribution is 0.195. The molecular weight excluding hydrogens is 162 g/mol. The number of nitrogens with zero attached hydrogens (tertiary/aromatic N) is 2. The minimum atomic E-state index is 0.244. The van der Waals surface area contributed by atoms with Crippen molar-refractivity contribution in [2.75, 3.05) is 20.1 Å². The topological polar surface area (TPSA) is 53.0 Å². The van der Waals surface area contributed by atoms with Gasteiger partial charge in [-0.1, -0.05) is 0 Å². The lowest BCUT2D eigenvalue weighted by Gasteiger charge is -2.32. The Hall–Kier alpha value is -0.590. The maximum atomic E-state index is 8.44. The van der Waals surface area contributed by atoms with Gasteiger partial charge in [-0.3, -0.25) is 0 Å². The first kappa shape index (κ1) is 10.5. The predicted molar refractivity (Wildman–Crippen MR) is 53.0 cm³/mol. The fourth-order valence-electron chi connectivity index (χ4n) is 1.92. The highest BCUT2D eigenvalue weighted by Crippen LogP contribution is 2.20. The number of hydrogen-bond donors (Lipinski definition) is 1. The summed E-state index contributed by atoms with van der Waals surface area (Å²) in [6.07, 6.45) is 3.87. The number of nitrogens with two attached hydrogens (primary N) is 1. The van der Waals surface area contributed by atoms with Gasteiger partial charge in [-0.25, -0.2) is 0 Å². The Kier molecular flexibility index (Phi) is 4.20. The van der Waals surface area contributed by atoms with Crippen LogP contribution in [0.15, 0.2) is 0 Å². The normalized spacial score (nSPS) is 22.5. The Bertz CT molecular complexity index is 177. The summed E-state index contributed by atoms with van der Waals surface area (Å²) in [5.41, 5.74) is 6.01. The number of piperidine rings is 1. The molecule has 13 heavy (non-hydrogen) atoms. The third kappa shape index (κ3) is 3.33. The SMILES string of the molecule is CN1CCC(C(N)CCC#N)CC1. The molecule has 74 valence electrons. The smallest absolute Gasteiger partial charge is 0.0622 e. The molecule has 0 aliphatic carbocycles. The summed E-state index contributed by atoms with van der Waals surface area (Å²) >= 11 is 0. The number of hydrogen-bond acceptors (Lipinski definition) is 3. The minimum Gasteiger partial charge on any atom is -0.327 e. The number of rotatable bonds is 3. The molecule has 1 aliphatic heterocycles. The molecule has 0 aromatic carbocycles. The lowest BCUT2D eigenvalue weighted by Crippen LogP contribution is -2.39. The zero-order chi connectivity index (χ0) is 9.68. The second kappa shape index (κ2) is 5.21. The van der Waals surface area contributed by atoms with Gasteiger partial charge in [0.05, 0.1) is 6.07 Å². The summed E-state index contributed by atoms with van der Waals surface area (Å²) in [4.78, 5) is 2.34. The van der Waals surface area contributed by atoms with E-state index in [1.165, 1.54) is 12.8 Å². The van der Waals surface area contributed by atoms with E-state index in [4.69, 9.17) is 11.0 Å². The average molecular weight is 181 g/mol. The summed E-state index contributed by atoms with van der Waals surface area (Å²) in [7, 11) is 2.15. The van der Waals surface area contributed by atoms with Gasteiger partial charge < -0.3 is 10.6 Å². The number of nitriles is 1. The monoisotopic (exact) mass is 181 g/mol. The molecule has 3 heteroatoms. The van der Waals surface area contributed by atoms with E-state index in [2.05, 4.69) is 18.0 Å². The quantitative estimate of drug-likeness (QED) is 0.705. The molecule has 0 radical (unpaired) electrons. The molecule has 0 bridgehead atoms. The van der Waals surface area contributed by atoms with Crippen LogP contribution in [0, 0.1) is 17.2 Å². The van der Waals surface area contributed by atoms with E-state index in [1.54, 1.807) is 0 Å². The van der Waals surface area contributed by atoms with E-state index in [-0.39, 0.29) is 6.04 Å². The Morgan fingerprint density at radius 1 is 1.54 bits per heavy atom. The molecule has 0 aromatic heterocycles. The zero-order valence-corrected chi connectivity index (χ0v) is 8.37. The third-order valence-electron chi connectivity index (χ3n) is 2.96. The van der Waals surface area contributed by atoms with E-state index in [0.717, 1.165) is 19.5 Å². The van der Waals surface area contributed by atoms with Gasteiger partial charge >= 0.3 is 0 Å². The Morgan fingerprint density at radius 2 is 2.15 bits per heavy atom. The Morgan fingerprint density at radius 3 is 2.69 bits per heavy atom. The van der Waals surface area contributed by atoms with Crippen LogP contribution in [0.1, 0.15) is 25.7 Å². The second-order valence-corrected chi connectivity index (χ2v) is 4.00. The summed E-state index contributed by atoms with van der Waals surface area (Å²) in [5, 5.41) is 8.44. The largest absolute Gasteiger partial charge is 0.327 e. The van der Waals surface area contributed by atoms with Crippen molar-refractivity contribution < 1.29 is 0 Å². The van der Waals surface area contributed by atoms with Crippen molar-refractivity contribution in [1.29, 1.82) is 5.26 Å². The molecule has 1 rings (SSSR count). The molecule has 0 spiro atoms. The zero-order valence-electron chi connectivity index (χ0n) is 8.37. The molecule has 0 aromatic rings. The van der Waals surface area contributed by atoms with E-state index in [0.29, 0.717) is 12.3 Å². The van der Waals surface area contributed by atoms with Crippen molar-refractivity contribution in [2.45, 2.75) is 31.7 Å². The summed E-state index contributed by atoms with van der Waals surface area (Å²) in [6, 6.07) is 2.40. The van der Waals surface area contributed by atoms with Crippen molar-refractivity contribution in [3.63, 3.8) is 0 Å². The van der Waals surface area contributed by atoms with Crippen LogP contribution in [0.4, 0.5) is 0 Å². The average Bonchev–Trinajstić information content (AvgIpc) is 2.15. The van der Waals surface area contributed by atoms with Gasteiger partial charge in [0, 0.05) is 12.5 Å². The van der Waals surface area contributed by atoms with Crippen molar-refractivity contribution in [1.82, 2.24) is 4.90 Å². The van der Waals surface area contributed by atoms with Gasteiger partial charge in [0.1, 0.15) is 0 Å². The van der Waals surface area contributed by atoms with E-state index < -0.39 is 0 Å². The van der Waals surface area contributed by atoms with Gasteiger partial charge in [-0.15, -0.1) is 0 Å². The summed E-state index contributed by atoms with van der Waals surface area (Å²) < 4.78 is 0. The fourth-order valence-corrected chi connectivity index (χ4v) is 1.92. The van der Waals surface area contributed by atoms with Crippen LogP contribution in [0.2, 0.25) is 0 Å². The summed E-state index contributed by atoms with van der Waals surface area (Å²) in [5.74, 6) is 0.643. The predicted octanol–water partition coefficient (Wildman–Crippen LogP) is 0.959. The minimum absolute atomic E-state index is 0.244. The van der Waals surface area contributed by atoms with Crippen LogP contribution < -0.4 is 5.73 Å². The van der Waals surface area contributed by atoms with Crippen molar-refractivity contribution in [3.05, 3.63) is 0 Å². The first-order chi connectivity index (χ1) is 6.24. The van der Waals surface area contributed by atoms with Gasteiger partial charge in [-0.2, -0.15) is 5.26 Å². The van der Waals surface area contributed by atoms with Crippen LogP contribution in [-0.2, 0) is 0 Å². The first-order valence-corrected chi connectivity index (χ1v) is 5.05. The molecule has 1 saturated heterocycles. The van der Waals surface area contributed by atoms with Gasteiger partial charge in [0.25, 0.3) is 0 Å². The van der Waals surface area contributed by atoms with Crippen LogP contribution in [0.25, 0.3) is 0 Å². The molecule has 1 heterocycles. The molecule has 2 N–H and O–H groups in total. The molecule has 3 nitrogen and oxygen atoms in total. The van der Waals surface area contributed by atoms with E-state index >= 15 is 0 Å².